The van der Waals surface area contributed by atoms with E-state index in [0.29, 0.717) is 5.56 Å². The third-order valence-corrected chi connectivity index (χ3v) is 2.24. The molecule has 0 aliphatic carbocycles. The molecule has 1 aromatic carbocycles. The molecule has 6 heteroatoms. The summed E-state index contributed by atoms with van der Waals surface area (Å²) < 4.78 is 24.9. The Bertz CT molecular complexity index is 398. The van der Waals surface area contributed by atoms with Gasteiger partial charge < -0.3 is 10.8 Å². The summed E-state index contributed by atoms with van der Waals surface area (Å²) in [4.78, 5) is 10.4. The lowest BCUT2D eigenvalue weighted by Gasteiger charge is -2.11. The zero-order valence-corrected chi connectivity index (χ0v) is 8.92. The van der Waals surface area contributed by atoms with Gasteiger partial charge in [0.1, 0.15) is 0 Å². The second-order valence-electron chi connectivity index (χ2n) is 3.32. The predicted molar refractivity (Wildman–Crippen MR) is 55.6 cm³/mol. The van der Waals surface area contributed by atoms with Gasteiger partial charge in [0, 0.05) is 16.6 Å². The van der Waals surface area contributed by atoms with Crippen LogP contribution in [0.1, 0.15) is 30.0 Å². The predicted octanol–water partition coefficient (Wildman–Crippen LogP) is 2.75. The smallest absolute Gasteiger partial charge is 0.305 e. The van der Waals surface area contributed by atoms with Crippen LogP contribution in [-0.4, -0.2) is 11.1 Å². The van der Waals surface area contributed by atoms with Crippen LogP contribution in [0.2, 0.25) is 5.02 Å². The van der Waals surface area contributed by atoms with Gasteiger partial charge in [-0.05, 0) is 23.8 Å². The van der Waals surface area contributed by atoms with Gasteiger partial charge in [0.25, 0.3) is 6.43 Å². The minimum absolute atomic E-state index is 0.119. The van der Waals surface area contributed by atoms with Gasteiger partial charge in [0.15, 0.2) is 0 Å². The Hall–Kier alpha value is -1.20. The summed E-state index contributed by atoms with van der Waals surface area (Å²) in [5, 5.41) is 8.65. The normalized spacial score (nSPS) is 12.8. The number of benzene rings is 1. The number of rotatable bonds is 4. The van der Waals surface area contributed by atoms with Crippen LogP contribution in [-0.2, 0) is 4.79 Å². The molecule has 3 nitrogen and oxygen atoms in total. The maximum atomic E-state index is 12.4. The number of carboxylic acids is 1. The van der Waals surface area contributed by atoms with E-state index >= 15 is 0 Å². The van der Waals surface area contributed by atoms with Crippen molar-refractivity contribution in [3.05, 3.63) is 34.3 Å². The average Bonchev–Trinajstić information content (AvgIpc) is 2.15. The van der Waals surface area contributed by atoms with E-state index < -0.39 is 18.4 Å². The summed E-state index contributed by atoms with van der Waals surface area (Å²) >= 11 is 5.64. The van der Waals surface area contributed by atoms with Crippen LogP contribution in [0.5, 0.6) is 0 Å². The van der Waals surface area contributed by atoms with Gasteiger partial charge in [-0.2, -0.15) is 0 Å². The molecule has 1 rings (SSSR count). The molecule has 0 spiro atoms. The number of halogens is 3. The third-order valence-electron chi connectivity index (χ3n) is 2.02. The number of aliphatic carboxylic acids is 1. The first-order valence-corrected chi connectivity index (χ1v) is 4.84. The van der Waals surface area contributed by atoms with Gasteiger partial charge in [0.2, 0.25) is 0 Å². The fourth-order valence-electron chi connectivity index (χ4n) is 1.28. The van der Waals surface area contributed by atoms with E-state index in [1.165, 1.54) is 12.1 Å². The van der Waals surface area contributed by atoms with Crippen molar-refractivity contribution in [2.24, 2.45) is 5.73 Å². The molecule has 0 amide bonds. The molecule has 0 saturated carbocycles. The summed E-state index contributed by atoms with van der Waals surface area (Å²) in [5.74, 6) is -1.09. The fourth-order valence-corrected chi connectivity index (χ4v) is 1.53. The Morgan fingerprint density at radius 1 is 1.38 bits per heavy atom. The van der Waals surface area contributed by atoms with Gasteiger partial charge in [-0.15, -0.1) is 0 Å². The second kappa shape index (κ2) is 5.23. The van der Waals surface area contributed by atoms with Crippen molar-refractivity contribution < 1.29 is 18.7 Å². The van der Waals surface area contributed by atoms with Gasteiger partial charge in [0.05, 0.1) is 6.42 Å². The Morgan fingerprint density at radius 3 is 2.44 bits per heavy atom. The fraction of sp³-hybridized carbons (Fsp3) is 0.300. The first kappa shape index (κ1) is 12.9. The standard InChI is InChI=1S/C10H10ClF2NO2/c11-7-2-5(8(14)4-9(15)16)1-6(3-7)10(12)13/h1-3,8,10H,4,14H2,(H,15,16). The molecule has 0 saturated heterocycles. The van der Waals surface area contributed by atoms with Crippen LogP contribution in [0, 0.1) is 0 Å². The monoisotopic (exact) mass is 249 g/mol. The van der Waals surface area contributed by atoms with Crippen LogP contribution in [0.3, 0.4) is 0 Å². The Balaban J connectivity index is 2.99. The van der Waals surface area contributed by atoms with Crippen molar-refractivity contribution in [3.8, 4) is 0 Å². The molecule has 0 aromatic heterocycles. The quantitative estimate of drug-likeness (QED) is 0.862. The van der Waals surface area contributed by atoms with E-state index in [-0.39, 0.29) is 17.0 Å². The number of nitrogens with two attached hydrogens (primary N) is 1. The van der Waals surface area contributed by atoms with E-state index in [0.717, 1.165) is 6.07 Å². The van der Waals surface area contributed by atoms with Crippen molar-refractivity contribution >= 4 is 17.6 Å². The summed E-state index contributed by atoms with van der Waals surface area (Å²) in [5.41, 5.74) is 5.59. The minimum Gasteiger partial charge on any atom is -0.481 e. The lowest BCUT2D eigenvalue weighted by atomic mass is 10.0. The van der Waals surface area contributed by atoms with Crippen LogP contribution >= 0.6 is 11.6 Å². The maximum Gasteiger partial charge on any atom is 0.305 e. The molecule has 1 atom stereocenters. The lowest BCUT2D eigenvalue weighted by Crippen LogP contribution is -2.15. The lowest BCUT2D eigenvalue weighted by molar-refractivity contribution is -0.137. The van der Waals surface area contributed by atoms with Crippen LogP contribution in [0.15, 0.2) is 18.2 Å². The summed E-state index contributed by atoms with van der Waals surface area (Å²) in [6.45, 7) is 0. The van der Waals surface area contributed by atoms with Crippen molar-refractivity contribution in [1.29, 1.82) is 0 Å². The zero-order valence-electron chi connectivity index (χ0n) is 8.16. The largest absolute Gasteiger partial charge is 0.481 e. The van der Waals surface area contributed by atoms with Gasteiger partial charge >= 0.3 is 5.97 Å². The molecule has 1 unspecified atom stereocenters. The van der Waals surface area contributed by atoms with Crippen molar-refractivity contribution in [1.82, 2.24) is 0 Å². The van der Waals surface area contributed by atoms with Crippen molar-refractivity contribution in [2.45, 2.75) is 18.9 Å². The molecule has 0 aliphatic heterocycles. The molecule has 88 valence electrons. The van der Waals surface area contributed by atoms with Crippen molar-refractivity contribution in [3.63, 3.8) is 0 Å². The van der Waals surface area contributed by atoms with E-state index in [2.05, 4.69) is 0 Å². The highest BCUT2D eigenvalue weighted by molar-refractivity contribution is 6.30. The zero-order chi connectivity index (χ0) is 12.3. The molecule has 0 aliphatic rings. The highest BCUT2D eigenvalue weighted by Gasteiger charge is 2.15. The highest BCUT2D eigenvalue weighted by Crippen LogP contribution is 2.27. The first-order valence-electron chi connectivity index (χ1n) is 4.46. The van der Waals surface area contributed by atoms with Crippen LogP contribution in [0.4, 0.5) is 8.78 Å². The maximum absolute atomic E-state index is 12.4. The van der Waals surface area contributed by atoms with E-state index in [9.17, 15) is 13.6 Å². The first-order chi connectivity index (χ1) is 7.40. The highest BCUT2D eigenvalue weighted by atomic mass is 35.5. The summed E-state index contributed by atoms with van der Waals surface area (Å²) in [6.07, 6.45) is -2.99. The number of alkyl halides is 2. The Morgan fingerprint density at radius 2 is 1.94 bits per heavy atom. The molecule has 0 radical (unpaired) electrons. The van der Waals surface area contributed by atoms with Gasteiger partial charge in [-0.3, -0.25) is 4.79 Å². The van der Waals surface area contributed by atoms with Gasteiger partial charge in [-0.1, -0.05) is 11.6 Å². The SMILES string of the molecule is NC(CC(=O)O)c1cc(Cl)cc(C(F)F)c1. The molecule has 0 fully saturated rings. The van der Waals surface area contributed by atoms with Crippen molar-refractivity contribution in [2.75, 3.05) is 0 Å². The molecule has 0 bridgehead atoms. The van der Waals surface area contributed by atoms with Crippen LogP contribution < -0.4 is 5.73 Å². The average molecular weight is 250 g/mol. The van der Waals surface area contributed by atoms with Crippen LogP contribution in [0.25, 0.3) is 0 Å². The number of hydrogen-bond donors (Lipinski definition) is 2. The topological polar surface area (TPSA) is 63.3 Å². The van der Waals surface area contributed by atoms with Gasteiger partial charge in [-0.25, -0.2) is 8.78 Å². The van der Waals surface area contributed by atoms with E-state index in [4.69, 9.17) is 22.4 Å². The Kier molecular flexibility index (Phi) is 4.20. The number of hydrogen-bond acceptors (Lipinski definition) is 2. The summed E-state index contributed by atoms with van der Waals surface area (Å²) in [6, 6.07) is 2.85. The number of carboxylic acid groups (broad SMARTS) is 1. The van der Waals surface area contributed by atoms with E-state index in [1.54, 1.807) is 0 Å². The molecule has 0 heterocycles. The molecule has 16 heavy (non-hydrogen) atoms. The summed E-state index contributed by atoms with van der Waals surface area (Å²) in [7, 11) is 0. The Labute approximate surface area is 95.8 Å². The number of carbonyl (C=O) groups is 1. The third kappa shape index (κ3) is 3.43. The molecular formula is C10H10ClF2NO2. The van der Waals surface area contributed by atoms with E-state index in [1.807, 2.05) is 0 Å². The second-order valence-corrected chi connectivity index (χ2v) is 3.76. The minimum atomic E-state index is -2.66. The molecule has 3 N–H and O–H groups in total. The molecule has 1 aromatic rings. The molecular weight excluding hydrogens is 240 g/mol.